The van der Waals surface area contributed by atoms with Gasteiger partial charge in [0, 0.05) is 10.2 Å². The molecule has 98 valence electrons. The van der Waals surface area contributed by atoms with E-state index in [-0.39, 0.29) is 11.3 Å². The summed E-state index contributed by atoms with van der Waals surface area (Å²) < 4.78 is 1.02. The van der Waals surface area contributed by atoms with Gasteiger partial charge in [-0.15, -0.1) is 0 Å². The number of aryl methyl sites for hydroxylation is 1. The second kappa shape index (κ2) is 5.32. The molecule has 2 aromatic carbocycles. The molecule has 0 atom stereocenters. The molecule has 0 amide bonds. The SMILES string of the molecule is Cc1cc(Nc2cccc(C(=O)O)c2N)ccc1Br. The maximum Gasteiger partial charge on any atom is 0.337 e. The fourth-order valence-corrected chi connectivity index (χ4v) is 1.99. The molecule has 0 saturated heterocycles. The van der Waals surface area contributed by atoms with Crippen molar-refractivity contribution in [2.75, 3.05) is 11.1 Å². The van der Waals surface area contributed by atoms with Crippen LogP contribution in [0.5, 0.6) is 0 Å². The number of benzene rings is 2. The molecule has 0 aliphatic rings. The van der Waals surface area contributed by atoms with Crippen LogP contribution in [0.25, 0.3) is 0 Å². The lowest BCUT2D eigenvalue weighted by molar-refractivity contribution is 0.0698. The maximum absolute atomic E-state index is 11.0. The van der Waals surface area contributed by atoms with E-state index in [1.807, 2.05) is 25.1 Å². The van der Waals surface area contributed by atoms with E-state index in [2.05, 4.69) is 21.2 Å². The van der Waals surface area contributed by atoms with Crippen LogP contribution in [0.2, 0.25) is 0 Å². The molecular formula is C14H13BrN2O2. The molecule has 0 radical (unpaired) electrons. The van der Waals surface area contributed by atoms with Crippen LogP contribution in [0.15, 0.2) is 40.9 Å². The topological polar surface area (TPSA) is 75.3 Å². The summed E-state index contributed by atoms with van der Waals surface area (Å²) in [6.07, 6.45) is 0. The first-order valence-electron chi connectivity index (χ1n) is 5.64. The van der Waals surface area contributed by atoms with Gasteiger partial charge in [0.25, 0.3) is 0 Å². The third-order valence-corrected chi connectivity index (χ3v) is 3.66. The van der Waals surface area contributed by atoms with Gasteiger partial charge in [-0.3, -0.25) is 0 Å². The average molecular weight is 321 g/mol. The smallest absolute Gasteiger partial charge is 0.337 e. The van der Waals surface area contributed by atoms with Crippen molar-refractivity contribution in [3.8, 4) is 0 Å². The standard InChI is InChI=1S/C14H13BrN2O2/c1-8-7-9(5-6-11(8)15)17-12-4-2-3-10(13(12)16)14(18)19/h2-7,17H,16H2,1H3,(H,18,19). The summed E-state index contributed by atoms with van der Waals surface area (Å²) >= 11 is 3.43. The Balaban J connectivity index is 2.35. The van der Waals surface area contributed by atoms with E-state index in [9.17, 15) is 4.79 Å². The van der Waals surface area contributed by atoms with Crippen molar-refractivity contribution in [3.63, 3.8) is 0 Å². The quantitative estimate of drug-likeness (QED) is 0.752. The highest BCUT2D eigenvalue weighted by Crippen LogP contribution is 2.28. The lowest BCUT2D eigenvalue weighted by Gasteiger charge is -2.12. The van der Waals surface area contributed by atoms with Crippen molar-refractivity contribution in [2.24, 2.45) is 0 Å². The van der Waals surface area contributed by atoms with Crippen molar-refractivity contribution < 1.29 is 9.90 Å². The predicted octanol–water partition coefficient (Wildman–Crippen LogP) is 3.78. The number of aromatic carboxylic acids is 1. The van der Waals surface area contributed by atoms with Crippen LogP contribution in [-0.2, 0) is 0 Å². The van der Waals surface area contributed by atoms with Crippen molar-refractivity contribution in [1.82, 2.24) is 0 Å². The van der Waals surface area contributed by atoms with Crippen LogP contribution < -0.4 is 11.1 Å². The van der Waals surface area contributed by atoms with Gasteiger partial charge in [0.1, 0.15) is 0 Å². The highest BCUT2D eigenvalue weighted by atomic mass is 79.9. The zero-order chi connectivity index (χ0) is 14.0. The van der Waals surface area contributed by atoms with Gasteiger partial charge in [-0.25, -0.2) is 4.79 Å². The van der Waals surface area contributed by atoms with Crippen molar-refractivity contribution in [1.29, 1.82) is 0 Å². The van der Waals surface area contributed by atoms with E-state index in [0.29, 0.717) is 5.69 Å². The minimum Gasteiger partial charge on any atom is -0.478 e. The second-order valence-electron chi connectivity index (χ2n) is 4.16. The van der Waals surface area contributed by atoms with E-state index in [1.165, 1.54) is 6.07 Å². The van der Waals surface area contributed by atoms with Crippen molar-refractivity contribution >= 4 is 39.0 Å². The van der Waals surface area contributed by atoms with Gasteiger partial charge in [-0.1, -0.05) is 22.0 Å². The molecule has 0 aliphatic carbocycles. The lowest BCUT2D eigenvalue weighted by atomic mass is 10.1. The summed E-state index contributed by atoms with van der Waals surface area (Å²) in [6.45, 7) is 1.98. The monoisotopic (exact) mass is 320 g/mol. The van der Waals surface area contributed by atoms with Crippen LogP contribution in [0, 0.1) is 6.92 Å². The third kappa shape index (κ3) is 2.88. The van der Waals surface area contributed by atoms with Crippen LogP contribution in [-0.4, -0.2) is 11.1 Å². The molecular weight excluding hydrogens is 308 g/mol. The summed E-state index contributed by atoms with van der Waals surface area (Å²) in [6, 6.07) is 10.7. The first-order valence-corrected chi connectivity index (χ1v) is 6.43. The van der Waals surface area contributed by atoms with E-state index in [0.717, 1.165) is 15.7 Å². The zero-order valence-corrected chi connectivity index (χ0v) is 11.9. The molecule has 0 bridgehead atoms. The Hall–Kier alpha value is -2.01. The molecule has 0 heterocycles. The van der Waals surface area contributed by atoms with E-state index >= 15 is 0 Å². The molecule has 2 rings (SSSR count). The summed E-state index contributed by atoms with van der Waals surface area (Å²) in [5, 5.41) is 12.1. The molecule has 2 aromatic rings. The van der Waals surface area contributed by atoms with Gasteiger partial charge in [-0.2, -0.15) is 0 Å². The fraction of sp³-hybridized carbons (Fsp3) is 0.0714. The van der Waals surface area contributed by atoms with Gasteiger partial charge in [-0.05, 0) is 42.8 Å². The molecule has 0 unspecified atom stereocenters. The average Bonchev–Trinajstić information content (AvgIpc) is 2.36. The fourth-order valence-electron chi connectivity index (χ4n) is 1.74. The molecule has 4 N–H and O–H groups in total. The molecule has 0 aliphatic heterocycles. The van der Waals surface area contributed by atoms with Gasteiger partial charge >= 0.3 is 5.97 Å². The van der Waals surface area contributed by atoms with Crippen LogP contribution in [0.4, 0.5) is 17.1 Å². The summed E-state index contributed by atoms with van der Waals surface area (Å²) in [5.74, 6) is -1.03. The number of rotatable bonds is 3. The van der Waals surface area contributed by atoms with E-state index < -0.39 is 5.97 Å². The normalized spacial score (nSPS) is 10.2. The van der Waals surface area contributed by atoms with E-state index in [1.54, 1.807) is 12.1 Å². The minimum atomic E-state index is -1.03. The number of nitrogen functional groups attached to an aromatic ring is 1. The molecule has 0 spiro atoms. The number of nitrogens with two attached hydrogens (primary N) is 1. The van der Waals surface area contributed by atoms with Crippen LogP contribution in [0.3, 0.4) is 0 Å². The van der Waals surface area contributed by atoms with Gasteiger partial charge < -0.3 is 16.2 Å². The summed E-state index contributed by atoms with van der Waals surface area (Å²) in [4.78, 5) is 11.0. The van der Waals surface area contributed by atoms with Crippen LogP contribution >= 0.6 is 15.9 Å². The zero-order valence-electron chi connectivity index (χ0n) is 10.3. The number of hydrogen-bond acceptors (Lipinski definition) is 3. The van der Waals surface area contributed by atoms with Crippen molar-refractivity contribution in [3.05, 3.63) is 52.0 Å². The number of carboxylic acids is 1. The number of halogens is 1. The van der Waals surface area contributed by atoms with Crippen molar-refractivity contribution in [2.45, 2.75) is 6.92 Å². The van der Waals surface area contributed by atoms with Crippen LogP contribution in [0.1, 0.15) is 15.9 Å². The molecule has 5 heteroatoms. The van der Waals surface area contributed by atoms with Gasteiger partial charge in [0.15, 0.2) is 0 Å². The van der Waals surface area contributed by atoms with Gasteiger partial charge in [0.05, 0.1) is 16.9 Å². The van der Waals surface area contributed by atoms with E-state index in [4.69, 9.17) is 10.8 Å². The van der Waals surface area contributed by atoms with Gasteiger partial charge in [0.2, 0.25) is 0 Å². The Morgan fingerprint density at radius 1 is 1.32 bits per heavy atom. The number of nitrogens with one attached hydrogen (secondary N) is 1. The highest BCUT2D eigenvalue weighted by molar-refractivity contribution is 9.10. The highest BCUT2D eigenvalue weighted by Gasteiger charge is 2.11. The largest absolute Gasteiger partial charge is 0.478 e. The second-order valence-corrected chi connectivity index (χ2v) is 5.02. The Kier molecular flexibility index (Phi) is 3.76. The Morgan fingerprint density at radius 3 is 2.68 bits per heavy atom. The number of carbonyl (C=O) groups is 1. The lowest BCUT2D eigenvalue weighted by Crippen LogP contribution is -2.05. The number of anilines is 3. The summed E-state index contributed by atoms with van der Waals surface area (Å²) in [7, 11) is 0. The Bertz CT molecular complexity index is 641. The Morgan fingerprint density at radius 2 is 2.05 bits per heavy atom. The third-order valence-electron chi connectivity index (χ3n) is 2.77. The molecule has 0 saturated carbocycles. The molecule has 4 nitrogen and oxygen atoms in total. The molecule has 0 fully saturated rings. The number of hydrogen-bond donors (Lipinski definition) is 3. The first kappa shape index (κ1) is 13.4. The maximum atomic E-state index is 11.0. The first-order chi connectivity index (χ1) is 8.99. The predicted molar refractivity (Wildman–Crippen MR) is 80.0 cm³/mol. The Labute approximate surface area is 119 Å². The number of carboxylic acid groups (broad SMARTS) is 1. The summed E-state index contributed by atoms with van der Waals surface area (Å²) in [5.41, 5.74) is 8.70. The molecule has 0 aromatic heterocycles. The number of para-hydroxylation sites is 1. The minimum absolute atomic E-state index is 0.0961. The molecule has 19 heavy (non-hydrogen) atoms.